The standard InChI is InChI=1S/C15H12ClN5O2S/c16-11-6-4-9(5-7-11)14-19-20-13(17-18-15(20)24-14)10-2-1-3-12(8-10)21(22)23/h1-8,14,19,21-22H/t14-/m1/s1. The van der Waals surface area contributed by atoms with E-state index >= 15 is 0 Å². The molecule has 1 aliphatic rings. The molecule has 1 unspecified atom stereocenters. The van der Waals surface area contributed by atoms with Crippen LogP contribution < -0.4 is 10.7 Å². The van der Waals surface area contributed by atoms with Gasteiger partial charge < -0.3 is 10.6 Å². The lowest BCUT2D eigenvalue weighted by molar-refractivity contribution is -0.991. The third-order valence-electron chi connectivity index (χ3n) is 3.64. The SMILES string of the molecule is [O-][NH+](O)c1cccc(-c2nnc3n2N[C@@H](c2ccc(Cl)cc2)S3)c1. The first-order chi connectivity index (χ1) is 11.6. The fourth-order valence-corrected chi connectivity index (χ4v) is 3.59. The zero-order chi connectivity index (χ0) is 16.7. The van der Waals surface area contributed by atoms with Crippen LogP contribution in [0.25, 0.3) is 11.4 Å². The van der Waals surface area contributed by atoms with Crippen molar-refractivity contribution in [2.24, 2.45) is 0 Å². The minimum atomic E-state index is -0.973. The van der Waals surface area contributed by atoms with Crippen LogP contribution in [-0.4, -0.2) is 20.1 Å². The topological polar surface area (TPSA) is 90.5 Å². The van der Waals surface area contributed by atoms with E-state index in [1.807, 2.05) is 30.3 Å². The number of fused-ring (bicyclic) bond motifs is 1. The van der Waals surface area contributed by atoms with Gasteiger partial charge in [0.1, 0.15) is 5.37 Å². The Kier molecular flexibility index (Phi) is 3.91. The maximum atomic E-state index is 11.1. The molecule has 1 aliphatic heterocycles. The quantitative estimate of drug-likeness (QED) is 0.620. The average Bonchev–Trinajstić information content (AvgIpc) is 3.16. The largest absolute Gasteiger partial charge is 0.595 e. The van der Waals surface area contributed by atoms with E-state index in [1.54, 1.807) is 22.9 Å². The van der Waals surface area contributed by atoms with Gasteiger partial charge in [0.25, 0.3) is 0 Å². The number of hydrogen-bond acceptors (Lipinski definition) is 6. The van der Waals surface area contributed by atoms with Gasteiger partial charge in [0.05, 0.1) is 0 Å². The van der Waals surface area contributed by atoms with E-state index in [-0.39, 0.29) is 11.1 Å². The van der Waals surface area contributed by atoms with Gasteiger partial charge in [-0.2, -0.15) is 5.23 Å². The molecule has 0 radical (unpaired) electrons. The van der Waals surface area contributed by atoms with E-state index in [0.29, 0.717) is 16.4 Å². The number of halogens is 1. The molecule has 2 heterocycles. The Balaban J connectivity index is 1.65. The van der Waals surface area contributed by atoms with Crippen LogP contribution in [0.15, 0.2) is 53.7 Å². The van der Waals surface area contributed by atoms with Crippen molar-refractivity contribution in [2.75, 3.05) is 5.43 Å². The van der Waals surface area contributed by atoms with Crippen molar-refractivity contribution in [2.45, 2.75) is 10.5 Å². The first kappa shape index (κ1) is 15.4. The van der Waals surface area contributed by atoms with Gasteiger partial charge in [0.2, 0.25) is 5.16 Å². The van der Waals surface area contributed by atoms with Gasteiger partial charge in [-0.1, -0.05) is 47.6 Å². The summed E-state index contributed by atoms with van der Waals surface area (Å²) in [6, 6.07) is 14.2. The second-order valence-corrected chi connectivity index (χ2v) is 6.71. The summed E-state index contributed by atoms with van der Waals surface area (Å²) in [5.74, 6) is 0.581. The summed E-state index contributed by atoms with van der Waals surface area (Å²) in [6.07, 6.45) is 0. The zero-order valence-electron chi connectivity index (χ0n) is 12.2. The highest BCUT2D eigenvalue weighted by Crippen LogP contribution is 2.40. The normalized spacial score (nSPS) is 17.4. The molecule has 0 bridgehead atoms. The van der Waals surface area contributed by atoms with Crippen LogP contribution in [0.2, 0.25) is 5.02 Å². The Bertz CT molecular complexity index is 884. The lowest BCUT2D eigenvalue weighted by Crippen LogP contribution is -2.99. The molecule has 9 heteroatoms. The summed E-state index contributed by atoms with van der Waals surface area (Å²) in [6.45, 7) is 0. The highest BCUT2D eigenvalue weighted by atomic mass is 35.5. The van der Waals surface area contributed by atoms with Crippen LogP contribution in [0.3, 0.4) is 0 Å². The molecule has 0 aliphatic carbocycles. The third kappa shape index (κ3) is 2.74. The van der Waals surface area contributed by atoms with Gasteiger partial charge in [-0.25, -0.2) is 9.88 Å². The summed E-state index contributed by atoms with van der Waals surface area (Å²) in [5.41, 5.74) is 5.31. The summed E-state index contributed by atoms with van der Waals surface area (Å²) >= 11 is 7.47. The van der Waals surface area contributed by atoms with Crippen molar-refractivity contribution in [1.82, 2.24) is 14.9 Å². The Morgan fingerprint density at radius 2 is 2.00 bits per heavy atom. The molecular weight excluding hydrogens is 350 g/mol. The number of rotatable bonds is 3. The number of thioether (sulfide) groups is 1. The molecule has 0 amide bonds. The Labute approximate surface area is 146 Å². The van der Waals surface area contributed by atoms with E-state index in [0.717, 1.165) is 10.7 Å². The van der Waals surface area contributed by atoms with Crippen LogP contribution in [0.1, 0.15) is 10.9 Å². The minimum Gasteiger partial charge on any atom is -0.595 e. The minimum absolute atomic E-state index is 0.00540. The van der Waals surface area contributed by atoms with Crippen molar-refractivity contribution in [3.8, 4) is 11.4 Å². The fourth-order valence-electron chi connectivity index (χ4n) is 2.47. The highest BCUT2D eigenvalue weighted by Gasteiger charge is 2.28. The molecule has 122 valence electrons. The van der Waals surface area contributed by atoms with E-state index < -0.39 is 5.23 Å². The number of aromatic nitrogens is 3. The van der Waals surface area contributed by atoms with E-state index in [4.69, 9.17) is 16.8 Å². The van der Waals surface area contributed by atoms with E-state index in [1.165, 1.54) is 11.8 Å². The third-order valence-corrected chi connectivity index (χ3v) is 4.98. The molecule has 7 nitrogen and oxygen atoms in total. The Hall–Kier alpha value is -2.10. The lowest BCUT2D eigenvalue weighted by atomic mass is 10.2. The van der Waals surface area contributed by atoms with Gasteiger partial charge in [-0.15, -0.1) is 10.2 Å². The van der Waals surface area contributed by atoms with Gasteiger partial charge in [-0.3, -0.25) is 0 Å². The molecule has 0 fully saturated rings. The number of hydrogen-bond donors (Lipinski definition) is 3. The van der Waals surface area contributed by atoms with Crippen molar-refractivity contribution in [3.63, 3.8) is 0 Å². The Morgan fingerprint density at radius 1 is 1.21 bits per heavy atom. The monoisotopic (exact) mass is 361 g/mol. The molecule has 4 rings (SSSR count). The number of quaternary nitrogens is 1. The van der Waals surface area contributed by atoms with Crippen LogP contribution >= 0.6 is 23.4 Å². The smallest absolute Gasteiger partial charge is 0.212 e. The number of nitrogens with zero attached hydrogens (tertiary/aromatic N) is 3. The summed E-state index contributed by atoms with van der Waals surface area (Å²) in [5, 5.41) is 29.1. The molecule has 2 aromatic carbocycles. The lowest BCUT2D eigenvalue weighted by Gasteiger charge is -2.14. The summed E-state index contributed by atoms with van der Waals surface area (Å²) < 4.78 is 1.78. The average molecular weight is 362 g/mol. The van der Waals surface area contributed by atoms with Gasteiger partial charge in [-0.05, 0) is 17.7 Å². The van der Waals surface area contributed by atoms with Crippen LogP contribution in [-0.2, 0) is 0 Å². The first-order valence-electron chi connectivity index (χ1n) is 7.09. The molecule has 2 atom stereocenters. The summed E-state index contributed by atoms with van der Waals surface area (Å²) in [7, 11) is 0. The molecule has 0 saturated carbocycles. The van der Waals surface area contributed by atoms with Crippen LogP contribution in [0.5, 0.6) is 0 Å². The van der Waals surface area contributed by atoms with Crippen molar-refractivity contribution in [1.29, 1.82) is 0 Å². The van der Waals surface area contributed by atoms with Crippen LogP contribution in [0.4, 0.5) is 5.69 Å². The zero-order valence-corrected chi connectivity index (χ0v) is 13.8. The van der Waals surface area contributed by atoms with Crippen LogP contribution in [0, 0.1) is 5.21 Å². The second kappa shape index (κ2) is 6.08. The second-order valence-electron chi connectivity index (χ2n) is 5.21. The first-order valence-corrected chi connectivity index (χ1v) is 8.35. The fraction of sp³-hybridized carbons (Fsp3) is 0.0667. The molecule has 3 aromatic rings. The van der Waals surface area contributed by atoms with Crippen molar-refractivity contribution in [3.05, 3.63) is 64.3 Å². The molecule has 0 saturated heterocycles. The number of benzene rings is 2. The predicted octanol–water partition coefficient (Wildman–Crippen LogP) is 2.35. The van der Waals surface area contributed by atoms with E-state index in [2.05, 4.69) is 15.6 Å². The predicted molar refractivity (Wildman–Crippen MR) is 90.6 cm³/mol. The highest BCUT2D eigenvalue weighted by molar-refractivity contribution is 7.99. The number of nitrogens with one attached hydrogen (secondary N) is 2. The Morgan fingerprint density at radius 3 is 2.75 bits per heavy atom. The molecular formula is C15H12ClN5O2S. The van der Waals surface area contributed by atoms with Gasteiger partial charge >= 0.3 is 0 Å². The van der Waals surface area contributed by atoms with Crippen molar-refractivity contribution >= 4 is 29.1 Å². The van der Waals surface area contributed by atoms with Gasteiger partial charge in [0, 0.05) is 22.7 Å². The molecule has 1 aromatic heterocycles. The van der Waals surface area contributed by atoms with Crippen molar-refractivity contribution < 1.29 is 10.4 Å². The summed E-state index contributed by atoms with van der Waals surface area (Å²) in [4.78, 5) is 0. The molecule has 24 heavy (non-hydrogen) atoms. The van der Waals surface area contributed by atoms with Gasteiger partial charge in [0.15, 0.2) is 11.5 Å². The maximum Gasteiger partial charge on any atom is 0.212 e. The molecule has 0 spiro atoms. The van der Waals surface area contributed by atoms with E-state index in [9.17, 15) is 5.21 Å². The maximum absolute atomic E-state index is 11.1. The molecule has 3 N–H and O–H groups in total.